The Morgan fingerprint density at radius 1 is 1.53 bits per heavy atom. The summed E-state index contributed by atoms with van der Waals surface area (Å²) in [6.07, 6.45) is 1.55. The van der Waals surface area contributed by atoms with E-state index in [1.807, 2.05) is 18.5 Å². The number of nitrogens with one attached hydrogen (secondary N) is 1. The molecular weight excluding hydrogens is 210 g/mol. The topological polar surface area (TPSA) is 51.0 Å². The second kappa shape index (κ2) is 5.04. The first kappa shape index (κ1) is 10.3. The van der Waals surface area contributed by atoms with Gasteiger partial charge in [-0.25, -0.2) is 0 Å². The summed E-state index contributed by atoms with van der Waals surface area (Å²) in [5, 5.41) is 9.01. The summed E-state index contributed by atoms with van der Waals surface area (Å²) < 4.78 is 5.15. The van der Waals surface area contributed by atoms with Crippen LogP contribution in [0.3, 0.4) is 0 Å². The van der Waals surface area contributed by atoms with Crippen molar-refractivity contribution in [1.82, 2.24) is 15.5 Å². The van der Waals surface area contributed by atoms with Crippen LogP contribution in [0.5, 0.6) is 0 Å². The lowest BCUT2D eigenvalue weighted by atomic mass is 10.3. The summed E-state index contributed by atoms with van der Waals surface area (Å²) in [7, 11) is 1.91. The zero-order chi connectivity index (χ0) is 10.5. The molecule has 0 fully saturated rings. The van der Waals surface area contributed by atoms with Crippen LogP contribution < -0.4 is 5.32 Å². The molecule has 80 valence electrons. The van der Waals surface area contributed by atoms with E-state index in [9.17, 15) is 0 Å². The molecule has 15 heavy (non-hydrogen) atoms. The number of nitrogens with zero attached hydrogens (tertiary/aromatic N) is 2. The van der Waals surface area contributed by atoms with Crippen LogP contribution in [0, 0.1) is 0 Å². The molecule has 0 radical (unpaired) electrons. The summed E-state index contributed by atoms with van der Waals surface area (Å²) in [5.41, 5.74) is 0. The largest absolute Gasteiger partial charge is 0.339 e. The second-order valence-corrected chi connectivity index (χ2v) is 4.25. The fourth-order valence-electron chi connectivity index (χ4n) is 1.26. The van der Waals surface area contributed by atoms with E-state index < -0.39 is 0 Å². The van der Waals surface area contributed by atoms with Crippen LogP contribution in [0.2, 0.25) is 0 Å². The van der Waals surface area contributed by atoms with E-state index in [4.69, 9.17) is 4.52 Å². The van der Waals surface area contributed by atoms with Crippen LogP contribution in [0.15, 0.2) is 22.0 Å². The van der Waals surface area contributed by atoms with Gasteiger partial charge in [-0.2, -0.15) is 4.98 Å². The average Bonchev–Trinajstić information content (AvgIpc) is 2.87. The maximum Gasteiger partial charge on any atom is 0.231 e. The predicted molar refractivity (Wildman–Crippen MR) is 59.1 cm³/mol. The fourth-order valence-corrected chi connectivity index (χ4v) is 1.96. The number of likely N-dealkylation sites (N-methyl/N-ethyl adjacent to an activating group) is 1. The van der Waals surface area contributed by atoms with Gasteiger partial charge in [-0.15, -0.1) is 11.3 Å². The lowest BCUT2D eigenvalue weighted by Crippen LogP contribution is -2.11. The molecule has 0 spiro atoms. The molecule has 2 aromatic heterocycles. The number of aromatic nitrogens is 2. The molecule has 0 aliphatic carbocycles. The van der Waals surface area contributed by atoms with Crippen molar-refractivity contribution in [2.24, 2.45) is 0 Å². The zero-order valence-corrected chi connectivity index (χ0v) is 9.38. The maximum atomic E-state index is 5.15. The molecule has 0 aromatic carbocycles. The highest BCUT2D eigenvalue weighted by Gasteiger charge is 2.06. The molecule has 0 bridgehead atoms. The van der Waals surface area contributed by atoms with Crippen LogP contribution in [-0.4, -0.2) is 23.7 Å². The van der Waals surface area contributed by atoms with Gasteiger partial charge in [0.25, 0.3) is 0 Å². The Morgan fingerprint density at radius 3 is 3.20 bits per heavy atom. The molecule has 1 N–H and O–H groups in total. The summed E-state index contributed by atoms with van der Waals surface area (Å²) in [4.78, 5) is 5.56. The van der Waals surface area contributed by atoms with E-state index in [0.717, 1.165) is 25.2 Å². The monoisotopic (exact) mass is 223 g/mol. The molecule has 0 saturated carbocycles. The van der Waals surface area contributed by atoms with E-state index in [-0.39, 0.29) is 0 Å². The summed E-state index contributed by atoms with van der Waals surface area (Å²) in [6.45, 7) is 0.873. The molecule has 5 heteroatoms. The number of hydrogen-bond donors (Lipinski definition) is 1. The highest BCUT2D eigenvalue weighted by Crippen LogP contribution is 2.13. The highest BCUT2D eigenvalue weighted by atomic mass is 32.1. The molecule has 0 atom stereocenters. The van der Waals surface area contributed by atoms with E-state index in [2.05, 4.69) is 21.5 Å². The van der Waals surface area contributed by atoms with Crippen molar-refractivity contribution in [3.63, 3.8) is 0 Å². The minimum absolute atomic E-state index is 0.698. The Balaban J connectivity index is 1.95. The molecule has 0 aliphatic heterocycles. The molecule has 4 nitrogen and oxygen atoms in total. The first-order valence-corrected chi connectivity index (χ1v) is 5.75. The predicted octanol–water partition coefficient (Wildman–Crippen LogP) is 1.48. The van der Waals surface area contributed by atoms with Crippen molar-refractivity contribution in [2.75, 3.05) is 13.6 Å². The molecular formula is C10H13N3OS. The maximum absolute atomic E-state index is 5.15. The van der Waals surface area contributed by atoms with Crippen molar-refractivity contribution in [3.05, 3.63) is 34.1 Å². The summed E-state index contributed by atoms with van der Waals surface area (Å²) in [6, 6.07) is 4.10. The smallest absolute Gasteiger partial charge is 0.231 e. The van der Waals surface area contributed by atoms with Crippen LogP contribution in [0.4, 0.5) is 0 Å². The standard InChI is InChI=1S/C10H13N3OS/c1-11-5-4-9-12-10(14-13-9)7-8-3-2-6-15-8/h2-3,6,11H,4-5,7H2,1H3. The number of hydrogen-bond acceptors (Lipinski definition) is 5. The van der Waals surface area contributed by atoms with Gasteiger partial charge < -0.3 is 9.84 Å². The van der Waals surface area contributed by atoms with Gasteiger partial charge in [-0.05, 0) is 18.5 Å². The van der Waals surface area contributed by atoms with E-state index in [1.165, 1.54) is 4.88 Å². The van der Waals surface area contributed by atoms with Crippen molar-refractivity contribution in [1.29, 1.82) is 0 Å². The Bertz CT molecular complexity index is 396. The second-order valence-electron chi connectivity index (χ2n) is 3.21. The van der Waals surface area contributed by atoms with Crippen molar-refractivity contribution >= 4 is 11.3 Å². The molecule has 2 rings (SSSR count). The van der Waals surface area contributed by atoms with E-state index in [1.54, 1.807) is 11.3 Å². The van der Waals surface area contributed by atoms with E-state index >= 15 is 0 Å². The van der Waals surface area contributed by atoms with Crippen LogP contribution >= 0.6 is 11.3 Å². The van der Waals surface area contributed by atoms with Gasteiger partial charge in [-0.3, -0.25) is 0 Å². The molecule has 0 aliphatic rings. The van der Waals surface area contributed by atoms with Gasteiger partial charge in [0.15, 0.2) is 5.82 Å². The third-order valence-corrected chi connectivity index (χ3v) is 2.89. The van der Waals surface area contributed by atoms with E-state index in [0.29, 0.717) is 5.89 Å². The normalized spacial score (nSPS) is 10.7. The lowest BCUT2D eigenvalue weighted by molar-refractivity contribution is 0.379. The number of rotatable bonds is 5. The molecule has 2 heterocycles. The molecule has 2 aromatic rings. The van der Waals surface area contributed by atoms with Crippen molar-refractivity contribution in [3.8, 4) is 0 Å². The van der Waals surface area contributed by atoms with Gasteiger partial charge >= 0.3 is 0 Å². The summed E-state index contributed by atoms with van der Waals surface area (Å²) >= 11 is 1.70. The SMILES string of the molecule is CNCCc1noc(Cc2cccs2)n1. The van der Waals surface area contributed by atoms with Gasteiger partial charge in [0.1, 0.15) is 0 Å². The van der Waals surface area contributed by atoms with Crippen LogP contribution in [-0.2, 0) is 12.8 Å². The summed E-state index contributed by atoms with van der Waals surface area (Å²) in [5.74, 6) is 1.47. The van der Waals surface area contributed by atoms with Crippen molar-refractivity contribution < 1.29 is 4.52 Å². The lowest BCUT2D eigenvalue weighted by Gasteiger charge is -1.90. The molecule has 0 saturated heterocycles. The zero-order valence-electron chi connectivity index (χ0n) is 8.56. The minimum Gasteiger partial charge on any atom is -0.339 e. The third kappa shape index (κ3) is 2.87. The quantitative estimate of drug-likeness (QED) is 0.834. The molecule has 0 amide bonds. The van der Waals surface area contributed by atoms with Gasteiger partial charge in [0.05, 0.1) is 6.42 Å². The Labute approximate surface area is 92.3 Å². The first-order chi connectivity index (χ1) is 7.38. The Morgan fingerprint density at radius 2 is 2.47 bits per heavy atom. The van der Waals surface area contributed by atoms with Gasteiger partial charge in [0, 0.05) is 17.8 Å². The van der Waals surface area contributed by atoms with Crippen LogP contribution in [0.25, 0.3) is 0 Å². The van der Waals surface area contributed by atoms with Gasteiger partial charge in [0.2, 0.25) is 5.89 Å². The van der Waals surface area contributed by atoms with Crippen LogP contribution in [0.1, 0.15) is 16.6 Å². The van der Waals surface area contributed by atoms with Crippen molar-refractivity contribution in [2.45, 2.75) is 12.8 Å². The van der Waals surface area contributed by atoms with Gasteiger partial charge in [-0.1, -0.05) is 11.2 Å². The third-order valence-electron chi connectivity index (χ3n) is 2.01. The highest BCUT2D eigenvalue weighted by molar-refractivity contribution is 7.09. The minimum atomic E-state index is 0.698. The Hall–Kier alpha value is -1.20. The fraction of sp³-hybridized carbons (Fsp3) is 0.400. The Kier molecular flexibility index (Phi) is 3.47. The number of thiophene rings is 1. The first-order valence-electron chi connectivity index (χ1n) is 4.87. The average molecular weight is 223 g/mol. The molecule has 0 unspecified atom stereocenters.